The van der Waals surface area contributed by atoms with Crippen molar-refractivity contribution in [1.29, 1.82) is 0 Å². The first-order valence-electron chi connectivity index (χ1n) is 7.03. The summed E-state index contributed by atoms with van der Waals surface area (Å²) in [5.41, 5.74) is 0.132. The van der Waals surface area contributed by atoms with Crippen LogP contribution in [-0.2, 0) is 20.7 Å². The second-order valence-corrected chi connectivity index (χ2v) is 6.81. The zero-order valence-electron chi connectivity index (χ0n) is 11.6. The van der Waals surface area contributed by atoms with Crippen LogP contribution in [0.25, 0.3) is 0 Å². The van der Waals surface area contributed by atoms with E-state index in [1.54, 1.807) is 11.3 Å². The van der Waals surface area contributed by atoms with Crippen molar-refractivity contribution in [3.8, 4) is 0 Å². The highest BCUT2D eigenvalue weighted by Crippen LogP contribution is 2.59. The van der Waals surface area contributed by atoms with E-state index in [-0.39, 0.29) is 23.2 Å². The van der Waals surface area contributed by atoms with Crippen molar-refractivity contribution < 1.29 is 14.3 Å². The van der Waals surface area contributed by atoms with E-state index in [9.17, 15) is 9.59 Å². The lowest BCUT2D eigenvalue weighted by Gasteiger charge is -2.32. The average Bonchev–Trinajstić information content (AvgIpc) is 2.91. The van der Waals surface area contributed by atoms with Gasteiger partial charge in [-0.1, -0.05) is 6.07 Å². The highest BCUT2D eigenvalue weighted by Gasteiger charge is 2.59. The van der Waals surface area contributed by atoms with E-state index >= 15 is 0 Å². The van der Waals surface area contributed by atoms with Crippen LogP contribution in [0.15, 0.2) is 17.5 Å². The average molecular weight is 293 g/mol. The molecule has 4 nitrogen and oxygen atoms in total. The Morgan fingerprint density at radius 1 is 1.45 bits per heavy atom. The summed E-state index contributed by atoms with van der Waals surface area (Å²) in [6.45, 7) is 1.55. The zero-order valence-corrected chi connectivity index (χ0v) is 12.4. The van der Waals surface area contributed by atoms with Crippen LogP contribution in [-0.4, -0.2) is 37.0 Å². The maximum Gasteiger partial charge on any atom is 0.309 e. The van der Waals surface area contributed by atoms with E-state index in [1.807, 2.05) is 22.4 Å². The Labute approximate surface area is 122 Å². The van der Waals surface area contributed by atoms with Crippen molar-refractivity contribution in [1.82, 2.24) is 4.90 Å². The van der Waals surface area contributed by atoms with Gasteiger partial charge in [-0.2, -0.15) is 0 Å². The molecule has 0 aromatic carbocycles. The predicted molar refractivity (Wildman–Crippen MR) is 76.4 cm³/mol. The molecule has 1 aliphatic heterocycles. The lowest BCUT2D eigenvalue weighted by atomic mass is 9.90. The van der Waals surface area contributed by atoms with Gasteiger partial charge in [-0.3, -0.25) is 9.59 Å². The second-order valence-electron chi connectivity index (χ2n) is 5.78. The quantitative estimate of drug-likeness (QED) is 0.802. The van der Waals surface area contributed by atoms with Crippen LogP contribution >= 0.6 is 11.3 Å². The molecule has 108 valence electrons. The number of hydrogen-bond acceptors (Lipinski definition) is 4. The molecule has 0 N–H and O–H groups in total. The molecule has 2 fully saturated rings. The van der Waals surface area contributed by atoms with Crippen LogP contribution in [0.3, 0.4) is 0 Å². The van der Waals surface area contributed by atoms with E-state index in [4.69, 9.17) is 4.74 Å². The number of esters is 1. The first-order chi connectivity index (χ1) is 9.64. The Hall–Kier alpha value is -1.36. The number of ether oxygens (including phenoxy) is 1. The van der Waals surface area contributed by atoms with Gasteiger partial charge in [0, 0.05) is 18.0 Å². The molecule has 0 bridgehead atoms. The molecule has 1 amide bonds. The zero-order chi connectivity index (χ0) is 14.2. The monoisotopic (exact) mass is 293 g/mol. The summed E-state index contributed by atoms with van der Waals surface area (Å²) in [5.74, 6) is 0.197. The Bertz CT molecular complexity index is 503. The van der Waals surface area contributed by atoms with Gasteiger partial charge in [0.15, 0.2) is 0 Å². The van der Waals surface area contributed by atoms with Gasteiger partial charge >= 0.3 is 5.97 Å². The Morgan fingerprint density at radius 3 is 2.80 bits per heavy atom. The maximum atomic E-state index is 12.2. The van der Waals surface area contributed by atoms with Crippen molar-refractivity contribution in [2.24, 2.45) is 11.3 Å². The molecule has 1 aromatic heterocycles. The molecule has 2 aliphatic rings. The maximum absolute atomic E-state index is 12.2. The van der Waals surface area contributed by atoms with Gasteiger partial charge < -0.3 is 9.64 Å². The van der Waals surface area contributed by atoms with Crippen molar-refractivity contribution in [3.05, 3.63) is 22.4 Å². The Balaban J connectivity index is 1.52. The summed E-state index contributed by atoms with van der Waals surface area (Å²) in [6, 6.07) is 3.98. The van der Waals surface area contributed by atoms with Gasteiger partial charge in [0.2, 0.25) is 5.91 Å². The molecule has 1 aromatic rings. The molecule has 0 radical (unpaired) electrons. The minimum Gasteiger partial charge on any atom is -0.469 e. The Kier molecular flexibility index (Phi) is 3.54. The van der Waals surface area contributed by atoms with Gasteiger partial charge in [0.1, 0.15) is 0 Å². The lowest BCUT2D eigenvalue weighted by molar-refractivity contribution is -0.143. The van der Waals surface area contributed by atoms with Crippen molar-refractivity contribution >= 4 is 23.2 Å². The van der Waals surface area contributed by atoms with Crippen LogP contribution in [0.2, 0.25) is 0 Å². The summed E-state index contributed by atoms with van der Waals surface area (Å²) in [6.07, 6.45) is 3.31. The molecular formula is C15H19NO3S. The number of amides is 1. The van der Waals surface area contributed by atoms with Crippen molar-refractivity contribution in [2.75, 3.05) is 20.2 Å². The van der Waals surface area contributed by atoms with Crippen LogP contribution in [0.5, 0.6) is 0 Å². The van der Waals surface area contributed by atoms with Gasteiger partial charge in [-0.25, -0.2) is 0 Å². The van der Waals surface area contributed by atoms with E-state index in [0.29, 0.717) is 6.42 Å². The molecule has 1 atom stereocenters. The Morgan fingerprint density at radius 2 is 2.20 bits per heavy atom. The molecule has 5 heteroatoms. The SMILES string of the molecule is COC(=O)C1CC12CCN(C(=O)Cc1cccs1)CC2. The molecule has 1 spiro atoms. The normalized spacial score (nSPS) is 23.6. The fraction of sp³-hybridized carbons (Fsp3) is 0.600. The third-order valence-electron chi connectivity index (χ3n) is 4.69. The van der Waals surface area contributed by atoms with Crippen LogP contribution in [0, 0.1) is 11.3 Å². The second kappa shape index (κ2) is 5.20. The number of thiophene rings is 1. The van der Waals surface area contributed by atoms with Gasteiger partial charge in [0.05, 0.1) is 19.4 Å². The van der Waals surface area contributed by atoms with E-state index < -0.39 is 0 Å². The van der Waals surface area contributed by atoms with Crippen molar-refractivity contribution in [3.63, 3.8) is 0 Å². The first-order valence-corrected chi connectivity index (χ1v) is 7.90. The lowest BCUT2D eigenvalue weighted by Crippen LogP contribution is -2.40. The van der Waals surface area contributed by atoms with Gasteiger partial charge in [-0.15, -0.1) is 11.3 Å². The number of likely N-dealkylation sites (tertiary alicyclic amines) is 1. The van der Waals surface area contributed by atoms with Crippen LogP contribution in [0.1, 0.15) is 24.1 Å². The number of carbonyl (C=O) groups is 2. The minimum absolute atomic E-state index is 0.0713. The van der Waals surface area contributed by atoms with Crippen LogP contribution < -0.4 is 0 Å². The van der Waals surface area contributed by atoms with Crippen LogP contribution in [0.4, 0.5) is 0 Å². The fourth-order valence-electron chi connectivity index (χ4n) is 3.25. The van der Waals surface area contributed by atoms with Gasteiger partial charge in [0.25, 0.3) is 0 Å². The molecule has 1 saturated carbocycles. The standard InChI is InChI=1S/C15H19NO3S/c1-19-14(18)12-10-15(12)4-6-16(7-5-15)13(17)9-11-3-2-8-20-11/h2-3,8,12H,4-7,9-10H2,1H3. The topological polar surface area (TPSA) is 46.6 Å². The number of hydrogen-bond donors (Lipinski definition) is 0. The summed E-state index contributed by atoms with van der Waals surface area (Å²) in [7, 11) is 1.45. The number of nitrogens with zero attached hydrogens (tertiary/aromatic N) is 1. The highest BCUT2D eigenvalue weighted by atomic mass is 32.1. The summed E-state index contributed by atoms with van der Waals surface area (Å²) in [5, 5.41) is 2.00. The first kappa shape index (κ1) is 13.6. The van der Waals surface area contributed by atoms with E-state index in [2.05, 4.69) is 0 Å². The summed E-state index contributed by atoms with van der Waals surface area (Å²) in [4.78, 5) is 26.8. The summed E-state index contributed by atoms with van der Waals surface area (Å²) >= 11 is 1.63. The molecule has 1 saturated heterocycles. The largest absolute Gasteiger partial charge is 0.469 e. The number of piperidine rings is 1. The molecule has 3 rings (SSSR count). The van der Waals surface area contributed by atoms with E-state index in [1.165, 1.54) is 7.11 Å². The predicted octanol–water partition coefficient (Wildman–Crippen LogP) is 2.09. The molecule has 20 heavy (non-hydrogen) atoms. The third-order valence-corrected chi connectivity index (χ3v) is 5.57. The highest BCUT2D eigenvalue weighted by molar-refractivity contribution is 7.10. The number of carbonyl (C=O) groups excluding carboxylic acids is 2. The molecule has 1 unspecified atom stereocenters. The minimum atomic E-state index is -0.0802. The number of methoxy groups -OCH3 is 1. The smallest absolute Gasteiger partial charge is 0.309 e. The van der Waals surface area contributed by atoms with Gasteiger partial charge in [-0.05, 0) is 36.1 Å². The number of rotatable bonds is 3. The van der Waals surface area contributed by atoms with Crippen molar-refractivity contribution in [2.45, 2.75) is 25.7 Å². The molecule has 1 aliphatic carbocycles. The molecular weight excluding hydrogens is 274 g/mol. The molecule has 2 heterocycles. The third kappa shape index (κ3) is 2.46. The fourth-order valence-corrected chi connectivity index (χ4v) is 3.95. The van der Waals surface area contributed by atoms with E-state index in [0.717, 1.165) is 37.2 Å². The summed E-state index contributed by atoms with van der Waals surface area (Å²) < 4.78 is 4.83.